The SMILES string of the molecule is Cc1cc(F)cc(-c2nc(N3CC(C)NC(C)C3)n[nH]2)c1. The van der Waals surface area contributed by atoms with Gasteiger partial charge in [-0.2, -0.15) is 4.98 Å². The number of benzene rings is 1. The van der Waals surface area contributed by atoms with Crippen LogP contribution in [0.15, 0.2) is 18.2 Å². The topological polar surface area (TPSA) is 56.8 Å². The number of anilines is 1. The van der Waals surface area contributed by atoms with Gasteiger partial charge in [-0.1, -0.05) is 0 Å². The quantitative estimate of drug-likeness (QED) is 0.889. The summed E-state index contributed by atoms with van der Waals surface area (Å²) in [5.74, 6) is 1.02. The smallest absolute Gasteiger partial charge is 0.245 e. The number of nitrogens with zero attached hydrogens (tertiary/aromatic N) is 3. The summed E-state index contributed by atoms with van der Waals surface area (Å²) in [6.07, 6.45) is 0. The van der Waals surface area contributed by atoms with Gasteiger partial charge in [0.25, 0.3) is 0 Å². The zero-order valence-electron chi connectivity index (χ0n) is 12.5. The van der Waals surface area contributed by atoms with E-state index in [2.05, 4.69) is 39.2 Å². The number of hydrogen-bond acceptors (Lipinski definition) is 4. The van der Waals surface area contributed by atoms with Crippen LogP contribution in [0, 0.1) is 12.7 Å². The van der Waals surface area contributed by atoms with Crippen molar-refractivity contribution >= 4 is 5.95 Å². The van der Waals surface area contributed by atoms with Crippen LogP contribution >= 0.6 is 0 Å². The number of rotatable bonds is 2. The van der Waals surface area contributed by atoms with Crippen molar-refractivity contribution in [3.05, 3.63) is 29.6 Å². The second-order valence-electron chi connectivity index (χ2n) is 5.88. The van der Waals surface area contributed by atoms with Gasteiger partial charge in [0.1, 0.15) is 5.82 Å². The van der Waals surface area contributed by atoms with Crippen LogP contribution in [0.4, 0.5) is 10.3 Å². The lowest BCUT2D eigenvalue weighted by molar-refractivity contribution is 0.403. The van der Waals surface area contributed by atoms with E-state index in [1.165, 1.54) is 12.1 Å². The molecule has 2 atom stereocenters. The lowest BCUT2D eigenvalue weighted by atomic mass is 10.1. The van der Waals surface area contributed by atoms with Gasteiger partial charge in [0.2, 0.25) is 5.95 Å². The maximum Gasteiger partial charge on any atom is 0.245 e. The number of hydrogen-bond donors (Lipinski definition) is 2. The van der Waals surface area contributed by atoms with Gasteiger partial charge in [0.15, 0.2) is 5.82 Å². The van der Waals surface area contributed by atoms with E-state index in [1.807, 2.05) is 13.0 Å². The third-order valence-electron chi connectivity index (χ3n) is 3.63. The van der Waals surface area contributed by atoms with Crippen molar-refractivity contribution < 1.29 is 4.39 Å². The minimum absolute atomic E-state index is 0.257. The van der Waals surface area contributed by atoms with Crippen molar-refractivity contribution in [3.8, 4) is 11.4 Å². The molecular weight excluding hydrogens is 269 g/mol. The number of H-pyrrole nitrogens is 1. The highest BCUT2D eigenvalue weighted by molar-refractivity contribution is 5.57. The van der Waals surface area contributed by atoms with Gasteiger partial charge in [0, 0.05) is 30.7 Å². The molecule has 1 aromatic heterocycles. The van der Waals surface area contributed by atoms with Gasteiger partial charge in [-0.25, -0.2) is 4.39 Å². The molecule has 1 fully saturated rings. The summed E-state index contributed by atoms with van der Waals surface area (Å²) in [6, 6.07) is 5.66. The molecule has 0 spiro atoms. The maximum absolute atomic E-state index is 13.5. The van der Waals surface area contributed by atoms with Crippen LogP contribution in [0.5, 0.6) is 0 Å². The monoisotopic (exact) mass is 289 g/mol. The molecule has 0 saturated carbocycles. The number of aromatic nitrogens is 3. The summed E-state index contributed by atoms with van der Waals surface area (Å²) in [5.41, 5.74) is 1.59. The van der Waals surface area contributed by atoms with Gasteiger partial charge < -0.3 is 10.2 Å². The molecule has 112 valence electrons. The van der Waals surface area contributed by atoms with E-state index in [4.69, 9.17) is 0 Å². The average molecular weight is 289 g/mol. The Hall–Kier alpha value is -1.95. The molecule has 1 aromatic carbocycles. The van der Waals surface area contributed by atoms with Crippen LogP contribution in [0.3, 0.4) is 0 Å². The minimum atomic E-state index is -0.257. The van der Waals surface area contributed by atoms with E-state index >= 15 is 0 Å². The first kappa shape index (κ1) is 14.0. The van der Waals surface area contributed by atoms with Gasteiger partial charge in [-0.05, 0) is 44.5 Å². The van der Waals surface area contributed by atoms with Gasteiger partial charge in [0.05, 0.1) is 0 Å². The Balaban J connectivity index is 1.86. The van der Waals surface area contributed by atoms with E-state index in [0.29, 0.717) is 23.9 Å². The summed E-state index contributed by atoms with van der Waals surface area (Å²) in [4.78, 5) is 6.67. The normalized spacial score (nSPS) is 22.6. The van der Waals surface area contributed by atoms with E-state index in [1.54, 1.807) is 0 Å². The summed E-state index contributed by atoms with van der Waals surface area (Å²) >= 11 is 0. The zero-order valence-corrected chi connectivity index (χ0v) is 12.5. The van der Waals surface area contributed by atoms with Crippen LogP contribution in [0.25, 0.3) is 11.4 Å². The average Bonchev–Trinajstić information content (AvgIpc) is 2.85. The Morgan fingerprint density at radius 2 is 1.90 bits per heavy atom. The molecule has 6 heteroatoms. The molecule has 0 aliphatic carbocycles. The third kappa shape index (κ3) is 3.05. The molecule has 2 aromatic rings. The molecule has 0 radical (unpaired) electrons. The Labute approximate surface area is 123 Å². The fraction of sp³-hybridized carbons (Fsp3) is 0.467. The molecule has 21 heavy (non-hydrogen) atoms. The lowest BCUT2D eigenvalue weighted by Crippen LogP contribution is -2.54. The highest BCUT2D eigenvalue weighted by atomic mass is 19.1. The van der Waals surface area contributed by atoms with Crippen molar-refractivity contribution in [2.75, 3.05) is 18.0 Å². The fourth-order valence-electron chi connectivity index (χ4n) is 2.89. The van der Waals surface area contributed by atoms with E-state index < -0.39 is 0 Å². The van der Waals surface area contributed by atoms with Gasteiger partial charge in [-0.3, -0.25) is 5.10 Å². The zero-order chi connectivity index (χ0) is 15.0. The molecule has 2 N–H and O–H groups in total. The van der Waals surface area contributed by atoms with Crippen molar-refractivity contribution in [2.24, 2.45) is 0 Å². The first-order valence-corrected chi connectivity index (χ1v) is 7.22. The number of nitrogens with one attached hydrogen (secondary N) is 2. The Kier molecular flexibility index (Phi) is 3.63. The highest BCUT2D eigenvalue weighted by Crippen LogP contribution is 2.21. The second kappa shape index (κ2) is 5.44. The maximum atomic E-state index is 13.5. The van der Waals surface area contributed by atoms with Crippen LogP contribution in [-0.2, 0) is 0 Å². The van der Waals surface area contributed by atoms with Gasteiger partial charge in [-0.15, -0.1) is 5.10 Å². The Morgan fingerprint density at radius 3 is 2.57 bits per heavy atom. The third-order valence-corrected chi connectivity index (χ3v) is 3.63. The number of aromatic amines is 1. The molecular formula is C15H20FN5. The summed E-state index contributed by atoms with van der Waals surface area (Å²) in [6.45, 7) is 7.88. The second-order valence-corrected chi connectivity index (χ2v) is 5.88. The van der Waals surface area contributed by atoms with Gasteiger partial charge >= 0.3 is 0 Å². The van der Waals surface area contributed by atoms with Crippen molar-refractivity contribution in [1.82, 2.24) is 20.5 Å². The first-order chi connectivity index (χ1) is 10.0. The molecule has 1 aliphatic rings. The number of aryl methyl sites for hydroxylation is 1. The highest BCUT2D eigenvalue weighted by Gasteiger charge is 2.23. The summed E-state index contributed by atoms with van der Waals surface area (Å²) in [7, 11) is 0. The van der Waals surface area contributed by atoms with E-state index in [0.717, 1.165) is 24.2 Å². The molecule has 0 bridgehead atoms. The van der Waals surface area contributed by atoms with Crippen molar-refractivity contribution in [1.29, 1.82) is 0 Å². The predicted molar refractivity (Wildman–Crippen MR) is 80.8 cm³/mol. The van der Waals surface area contributed by atoms with Crippen molar-refractivity contribution in [2.45, 2.75) is 32.9 Å². The molecule has 2 unspecified atom stereocenters. The fourth-order valence-corrected chi connectivity index (χ4v) is 2.89. The molecule has 1 saturated heterocycles. The standard InChI is InChI=1S/C15H20FN5/c1-9-4-12(6-13(16)5-9)14-18-15(20-19-14)21-7-10(2)17-11(3)8-21/h4-6,10-11,17H,7-8H2,1-3H3,(H,18,19,20). The van der Waals surface area contributed by atoms with Crippen LogP contribution in [-0.4, -0.2) is 40.4 Å². The Bertz CT molecular complexity index is 608. The summed E-state index contributed by atoms with van der Waals surface area (Å²) < 4.78 is 13.5. The minimum Gasteiger partial charge on any atom is -0.336 e. The first-order valence-electron chi connectivity index (χ1n) is 7.22. The van der Waals surface area contributed by atoms with Crippen molar-refractivity contribution in [3.63, 3.8) is 0 Å². The molecule has 2 heterocycles. The van der Waals surface area contributed by atoms with E-state index in [-0.39, 0.29) is 5.82 Å². The Morgan fingerprint density at radius 1 is 1.19 bits per heavy atom. The number of halogens is 1. The molecule has 3 rings (SSSR count). The summed E-state index contributed by atoms with van der Waals surface area (Å²) in [5, 5.41) is 10.7. The van der Waals surface area contributed by atoms with Crippen LogP contribution in [0.2, 0.25) is 0 Å². The lowest BCUT2D eigenvalue weighted by Gasteiger charge is -2.35. The molecule has 0 amide bonds. The number of piperazine rings is 1. The largest absolute Gasteiger partial charge is 0.336 e. The molecule has 5 nitrogen and oxygen atoms in total. The van der Waals surface area contributed by atoms with Crippen LogP contribution < -0.4 is 10.2 Å². The van der Waals surface area contributed by atoms with Crippen LogP contribution in [0.1, 0.15) is 19.4 Å². The predicted octanol–water partition coefficient (Wildman–Crippen LogP) is 2.11. The molecule has 1 aliphatic heterocycles. The van der Waals surface area contributed by atoms with E-state index in [9.17, 15) is 4.39 Å².